The van der Waals surface area contributed by atoms with Crippen LogP contribution in [-0.2, 0) is 14.1 Å². The molecule has 0 spiro atoms. The molecule has 0 aliphatic heterocycles. The summed E-state index contributed by atoms with van der Waals surface area (Å²) in [6.07, 6.45) is 0. The quantitative estimate of drug-likeness (QED) is 0.768. The first-order valence-corrected chi connectivity index (χ1v) is 5.34. The zero-order valence-electron chi connectivity index (χ0n) is 10.4. The molecule has 85 valence electrons. The molecule has 0 aliphatic rings. The molecule has 16 heavy (non-hydrogen) atoms. The van der Waals surface area contributed by atoms with Crippen molar-refractivity contribution in [3.63, 3.8) is 0 Å². The van der Waals surface area contributed by atoms with Crippen molar-refractivity contribution in [1.82, 2.24) is 19.6 Å². The Morgan fingerprint density at radius 1 is 1.06 bits per heavy atom. The largest absolute Gasteiger partial charge is 0.273 e. The third kappa shape index (κ3) is 1.75. The van der Waals surface area contributed by atoms with Gasteiger partial charge in [-0.3, -0.25) is 9.36 Å². The Balaban J connectivity index is 2.38. The predicted octanol–water partition coefficient (Wildman–Crippen LogP) is 1.76. The molecule has 2 rings (SSSR count). The minimum absolute atomic E-state index is 1.02. The fourth-order valence-corrected chi connectivity index (χ4v) is 1.84. The second-order valence-corrected chi connectivity index (χ2v) is 4.21. The lowest BCUT2D eigenvalue weighted by molar-refractivity contribution is 0.705. The number of rotatable bonds is 2. The Hall–Kier alpha value is -1.58. The van der Waals surface area contributed by atoms with E-state index in [1.807, 2.05) is 30.4 Å². The third-order valence-electron chi connectivity index (χ3n) is 2.88. The highest BCUT2D eigenvalue weighted by atomic mass is 15.3. The van der Waals surface area contributed by atoms with Crippen molar-refractivity contribution in [2.75, 3.05) is 0 Å². The minimum Gasteiger partial charge on any atom is -0.273 e. The van der Waals surface area contributed by atoms with E-state index in [0.29, 0.717) is 0 Å². The van der Waals surface area contributed by atoms with E-state index in [0.717, 1.165) is 28.7 Å². The summed E-state index contributed by atoms with van der Waals surface area (Å²) < 4.78 is 3.79. The van der Waals surface area contributed by atoms with Crippen LogP contribution in [0.5, 0.6) is 0 Å². The SMILES string of the molecule is C[C](c1cc(C)n(C)n1)c1cc(C)nn1C. The number of hydrogen-bond donors (Lipinski definition) is 0. The summed E-state index contributed by atoms with van der Waals surface area (Å²) in [6, 6.07) is 4.18. The van der Waals surface area contributed by atoms with Gasteiger partial charge in [0.25, 0.3) is 0 Å². The lowest BCUT2D eigenvalue weighted by Crippen LogP contribution is -2.06. The van der Waals surface area contributed by atoms with Gasteiger partial charge in [-0.2, -0.15) is 10.2 Å². The first-order valence-electron chi connectivity index (χ1n) is 5.34. The number of aromatic nitrogens is 4. The number of aryl methyl sites for hydroxylation is 4. The first kappa shape index (κ1) is 10.9. The van der Waals surface area contributed by atoms with Gasteiger partial charge < -0.3 is 0 Å². The van der Waals surface area contributed by atoms with Crippen molar-refractivity contribution in [2.24, 2.45) is 14.1 Å². The summed E-state index contributed by atoms with van der Waals surface area (Å²) in [5, 5.41) is 8.82. The topological polar surface area (TPSA) is 35.6 Å². The van der Waals surface area contributed by atoms with Gasteiger partial charge in [-0.05, 0) is 32.9 Å². The molecular weight excluding hydrogens is 200 g/mol. The average molecular weight is 217 g/mol. The van der Waals surface area contributed by atoms with Gasteiger partial charge in [0, 0.05) is 19.8 Å². The van der Waals surface area contributed by atoms with E-state index in [4.69, 9.17) is 0 Å². The highest BCUT2D eigenvalue weighted by molar-refractivity contribution is 5.38. The Morgan fingerprint density at radius 3 is 2.19 bits per heavy atom. The molecule has 0 aliphatic carbocycles. The fourth-order valence-electron chi connectivity index (χ4n) is 1.84. The number of hydrogen-bond acceptors (Lipinski definition) is 2. The van der Waals surface area contributed by atoms with Crippen molar-refractivity contribution >= 4 is 0 Å². The van der Waals surface area contributed by atoms with Crippen LogP contribution in [0.3, 0.4) is 0 Å². The third-order valence-corrected chi connectivity index (χ3v) is 2.88. The summed E-state index contributed by atoms with van der Waals surface area (Å²) in [5.41, 5.74) is 4.33. The van der Waals surface area contributed by atoms with Crippen LogP contribution in [0.25, 0.3) is 0 Å². The highest BCUT2D eigenvalue weighted by Gasteiger charge is 2.17. The minimum atomic E-state index is 1.02. The summed E-state index contributed by atoms with van der Waals surface area (Å²) in [5.74, 6) is 1.16. The van der Waals surface area contributed by atoms with Gasteiger partial charge in [-0.15, -0.1) is 0 Å². The van der Waals surface area contributed by atoms with Gasteiger partial charge in [0.05, 0.1) is 23.0 Å². The highest BCUT2D eigenvalue weighted by Crippen LogP contribution is 2.22. The lowest BCUT2D eigenvalue weighted by Gasteiger charge is -2.07. The lowest BCUT2D eigenvalue weighted by atomic mass is 10.0. The predicted molar refractivity (Wildman–Crippen MR) is 63.0 cm³/mol. The molecule has 0 unspecified atom stereocenters. The molecule has 0 aromatic carbocycles. The average Bonchev–Trinajstić information content (AvgIpc) is 2.70. The van der Waals surface area contributed by atoms with Gasteiger partial charge in [-0.25, -0.2) is 0 Å². The van der Waals surface area contributed by atoms with Crippen LogP contribution < -0.4 is 0 Å². The van der Waals surface area contributed by atoms with Gasteiger partial charge in [0.1, 0.15) is 0 Å². The molecule has 0 atom stereocenters. The summed E-state index contributed by atoms with van der Waals surface area (Å²) >= 11 is 0. The Labute approximate surface area is 95.9 Å². The monoisotopic (exact) mass is 217 g/mol. The summed E-state index contributed by atoms with van der Waals surface area (Å²) in [7, 11) is 3.92. The molecular formula is C12H17N4. The normalized spacial score (nSPS) is 11.4. The van der Waals surface area contributed by atoms with Crippen LogP contribution in [0, 0.1) is 19.8 Å². The van der Waals surface area contributed by atoms with E-state index in [-0.39, 0.29) is 0 Å². The first-order chi connectivity index (χ1) is 7.49. The molecule has 2 aromatic heterocycles. The van der Waals surface area contributed by atoms with Crippen LogP contribution in [0.1, 0.15) is 29.7 Å². The van der Waals surface area contributed by atoms with Crippen LogP contribution in [0.4, 0.5) is 0 Å². The fraction of sp³-hybridized carbons (Fsp3) is 0.417. The maximum absolute atomic E-state index is 4.48. The maximum atomic E-state index is 4.48. The van der Waals surface area contributed by atoms with E-state index < -0.39 is 0 Å². The van der Waals surface area contributed by atoms with Crippen molar-refractivity contribution < 1.29 is 0 Å². The second kappa shape index (κ2) is 3.77. The Morgan fingerprint density at radius 2 is 1.75 bits per heavy atom. The maximum Gasteiger partial charge on any atom is 0.0759 e. The smallest absolute Gasteiger partial charge is 0.0759 e. The van der Waals surface area contributed by atoms with E-state index in [2.05, 4.69) is 36.2 Å². The standard InChI is InChI=1S/C12H17N4/c1-8-6-12(16(5)13-8)10(3)11-7-9(2)15(4)14-11/h6-7H,1-5H3. The van der Waals surface area contributed by atoms with Crippen LogP contribution in [-0.4, -0.2) is 19.6 Å². The Bertz CT molecular complexity index is 488. The van der Waals surface area contributed by atoms with Gasteiger partial charge in [0.2, 0.25) is 0 Å². The molecule has 0 bridgehead atoms. The van der Waals surface area contributed by atoms with Crippen molar-refractivity contribution in [2.45, 2.75) is 20.8 Å². The van der Waals surface area contributed by atoms with E-state index in [9.17, 15) is 0 Å². The number of nitrogens with zero attached hydrogens (tertiary/aromatic N) is 4. The zero-order chi connectivity index (χ0) is 11.9. The van der Waals surface area contributed by atoms with Gasteiger partial charge >= 0.3 is 0 Å². The van der Waals surface area contributed by atoms with Crippen LogP contribution in [0.2, 0.25) is 0 Å². The summed E-state index contributed by atoms with van der Waals surface area (Å²) in [4.78, 5) is 0. The molecule has 1 radical (unpaired) electrons. The van der Waals surface area contributed by atoms with Crippen molar-refractivity contribution in [3.8, 4) is 0 Å². The van der Waals surface area contributed by atoms with Crippen molar-refractivity contribution in [3.05, 3.63) is 40.8 Å². The van der Waals surface area contributed by atoms with Crippen LogP contribution >= 0.6 is 0 Å². The molecule has 4 heteroatoms. The molecule has 2 heterocycles. The van der Waals surface area contributed by atoms with E-state index >= 15 is 0 Å². The zero-order valence-corrected chi connectivity index (χ0v) is 10.4. The van der Waals surface area contributed by atoms with Gasteiger partial charge in [-0.1, -0.05) is 0 Å². The molecule has 0 N–H and O–H groups in total. The molecule has 0 saturated heterocycles. The van der Waals surface area contributed by atoms with Crippen LogP contribution in [0.15, 0.2) is 12.1 Å². The molecule has 2 aromatic rings. The molecule has 4 nitrogen and oxygen atoms in total. The van der Waals surface area contributed by atoms with E-state index in [1.165, 1.54) is 0 Å². The Kier molecular flexibility index (Phi) is 2.58. The molecule has 0 fully saturated rings. The van der Waals surface area contributed by atoms with E-state index in [1.54, 1.807) is 0 Å². The second-order valence-electron chi connectivity index (χ2n) is 4.21. The molecule has 0 amide bonds. The summed E-state index contributed by atoms with van der Waals surface area (Å²) in [6.45, 7) is 6.14. The van der Waals surface area contributed by atoms with Gasteiger partial charge in [0.15, 0.2) is 0 Å². The van der Waals surface area contributed by atoms with Crippen molar-refractivity contribution in [1.29, 1.82) is 0 Å². The molecule has 0 saturated carbocycles.